The maximum atomic E-state index is 13.0. The zero-order valence-electron chi connectivity index (χ0n) is 11.6. The summed E-state index contributed by atoms with van der Waals surface area (Å²) in [7, 11) is 0. The number of nitrogens with one attached hydrogen (secondary N) is 1. The molecule has 3 aromatic rings. The summed E-state index contributed by atoms with van der Waals surface area (Å²) in [6, 6.07) is 11.2. The van der Waals surface area contributed by atoms with Gasteiger partial charge in [-0.25, -0.2) is 4.39 Å². The third-order valence-corrected chi connectivity index (χ3v) is 2.99. The first-order valence-electron chi connectivity index (χ1n) is 6.66. The molecule has 0 radical (unpaired) electrons. The van der Waals surface area contributed by atoms with Crippen LogP contribution in [0, 0.1) is 5.82 Å². The summed E-state index contributed by atoms with van der Waals surface area (Å²) in [4.78, 5) is 11.7. The van der Waals surface area contributed by atoms with Crippen LogP contribution in [-0.4, -0.2) is 27.1 Å². The molecule has 0 saturated heterocycles. The Kier molecular flexibility index (Phi) is 3.95. The Morgan fingerprint density at radius 2 is 2.14 bits per heavy atom. The van der Waals surface area contributed by atoms with Crippen molar-refractivity contribution in [2.24, 2.45) is 0 Å². The molecule has 0 saturated carbocycles. The van der Waals surface area contributed by atoms with E-state index in [1.165, 1.54) is 18.2 Å². The van der Waals surface area contributed by atoms with Crippen LogP contribution in [0.1, 0.15) is 5.82 Å². The zero-order chi connectivity index (χ0) is 15.4. The van der Waals surface area contributed by atoms with Crippen molar-refractivity contribution >= 4 is 11.6 Å². The van der Waals surface area contributed by atoms with Crippen molar-refractivity contribution in [3.8, 4) is 5.75 Å². The number of benzene rings is 1. The minimum Gasteiger partial charge on any atom is -0.484 e. The first-order chi connectivity index (χ1) is 10.7. The number of halogens is 1. The molecule has 2 aromatic heterocycles. The van der Waals surface area contributed by atoms with E-state index in [0.29, 0.717) is 17.2 Å². The lowest BCUT2D eigenvalue weighted by Gasteiger charge is -2.07. The van der Waals surface area contributed by atoms with Crippen LogP contribution >= 0.6 is 0 Å². The second-order valence-corrected chi connectivity index (χ2v) is 4.57. The lowest BCUT2D eigenvalue weighted by molar-refractivity contribution is -0.123. The number of hydrogen-bond acceptors (Lipinski definition) is 4. The van der Waals surface area contributed by atoms with E-state index in [2.05, 4.69) is 15.5 Å². The van der Waals surface area contributed by atoms with Crippen molar-refractivity contribution in [3.05, 3.63) is 60.3 Å². The van der Waals surface area contributed by atoms with Gasteiger partial charge in [-0.1, -0.05) is 12.1 Å². The van der Waals surface area contributed by atoms with Crippen LogP contribution in [0.4, 0.5) is 4.39 Å². The Hall–Kier alpha value is -2.96. The van der Waals surface area contributed by atoms with E-state index in [1.54, 1.807) is 10.5 Å². The number of carbonyl (C=O) groups is 1. The van der Waals surface area contributed by atoms with Crippen LogP contribution in [0.15, 0.2) is 48.7 Å². The molecule has 1 amide bonds. The molecule has 7 heteroatoms. The number of ether oxygens (including phenoxy) is 1. The van der Waals surface area contributed by atoms with Gasteiger partial charge in [-0.2, -0.15) is 0 Å². The van der Waals surface area contributed by atoms with Crippen LogP contribution in [0.25, 0.3) is 5.65 Å². The first kappa shape index (κ1) is 14.0. The molecule has 2 heterocycles. The third-order valence-electron chi connectivity index (χ3n) is 2.99. The number of hydrogen-bond donors (Lipinski definition) is 1. The highest BCUT2D eigenvalue weighted by molar-refractivity contribution is 5.77. The smallest absolute Gasteiger partial charge is 0.258 e. The Morgan fingerprint density at radius 1 is 1.23 bits per heavy atom. The molecule has 6 nitrogen and oxygen atoms in total. The second-order valence-electron chi connectivity index (χ2n) is 4.57. The maximum absolute atomic E-state index is 13.0. The van der Waals surface area contributed by atoms with Crippen LogP contribution in [0.5, 0.6) is 5.75 Å². The van der Waals surface area contributed by atoms with E-state index in [9.17, 15) is 9.18 Å². The molecule has 22 heavy (non-hydrogen) atoms. The van der Waals surface area contributed by atoms with Crippen molar-refractivity contribution in [3.63, 3.8) is 0 Å². The quantitative estimate of drug-likeness (QED) is 0.776. The predicted octanol–water partition coefficient (Wildman–Crippen LogP) is 1.56. The molecule has 3 rings (SSSR count). The van der Waals surface area contributed by atoms with Gasteiger partial charge in [-0.15, -0.1) is 10.2 Å². The first-order valence-corrected chi connectivity index (χ1v) is 6.66. The highest BCUT2D eigenvalue weighted by atomic mass is 19.1. The average molecular weight is 300 g/mol. The summed E-state index contributed by atoms with van der Waals surface area (Å²) in [5.41, 5.74) is 0.711. The summed E-state index contributed by atoms with van der Waals surface area (Å²) in [5, 5.41) is 10.7. The van der Waals surface area contributed by atoms with E-state index < -0.39 is 5.82 Å². The second kappa shape index (κ2) is 6.21. The monoisotopic (exact) mass is 300 g/mol. The van der Waals surface area contributed by atoms with Crippen molar-refractivity contribution in [2.75, 3.05) is 6.61 Å². The summed E-state index contributed by atoms with van der Waals surface area (Å²) in [6.45, 7) is 0.0384. The molecule has 0 aliphatic rings. The van der Waals surface area contributed by atoms with Gasteiger partial charge in [0.25, 0.3) is 5.91 Å². The number of pyridine rings is 1. The molecule has 0 aliphatic carbocycles. The predicted molar refractivity (Wildman–Crippen MR) is 76.7 cm³/mol. The Labute approximate surface area is 125 Å². The molecule has 0 bridgehead atoms. The van der Waals surface area contributed by atoms with Gasteiger partial charge < -0.3 is 10.1 Å². The Morgan fingerprint density at radius 3 is 3.00 bits per heavy atom. The van der Waals surface area contributed by atoms with Gasteiger partial charge in [0.15, 0.2) is 18.1 Å². The zero-order valence-corrected chi connectivity index (χ0v) is 11.6. The number of aromatic nitrogens is 3. The van der Waals surface area contributed by atoms with Gasteiger partial charge in [0.05, 0.1) is 6.54 Å². The molecule has 1 N–H and O–H groups in total. The molecule has 0 fully saturated rings. The van der Waals surface area contributed by atoms with Gasteiger partial charge in [-0.05, 0) is 24.3 Å². The van der Waals surface area contributed by atoms with E-state index in [0.717, 1.165) is 0 Å². The number of rotatable bonds is 5. The van der Waals surface area contributed by atoms with Gasteiger partial charge in [0.2, 0.25) is 0 Å². The minimum atomic E-state index is -0.409. The Balaban J connectivity index is 1.54. The maximum Gasteiger partial charge on any atom is 0.258 e. The van der Waals surface area contributed by atoms with Gasteiger partial charge >= 0.3 is 0 Å². The normalized spacial score (nSPS) is 10.6. The molecule has 0 aliphatic heterocycles. The summed E-state index contributed by atoms with van der Waals surface area (Å²) in [6.07, 6.45) is 1.82. The van der Waals surface area contributed by atoms with E-state index in [1.807, 2.05) is 24.4 Å². The fourth-order valence-corrected chi connectivity index (χ4v) is 1.95. The largest absolute Gasteiger partial charge is 0.484 e. The molecule has 0 spiro atoms. The van der Waals surface area contributed by atoms with Gasteiger partial charge in [0.1, 0.15) is 11.6 Å². The topological polar surface area (TPSA) is 68.5 Å². The highest BCUT2D eigenvalue weighted by Gasteiger charge is 2.07. The van der Waals surface area contributed by atoms with Crippen molar-refractivity contribution in [2.45, 2.75) is 6.54 Å². The number of fused-ring (bicyclic) bond motifs is 1. The van der Waals surface area contributed by atoms with Crippen molar-refractivity contribution in [1.29, 1.82) is 0 Å². The molecule has 112 valence electrons. The fraction of sp³-hybridized carbons (Fsp3) is 0.133. The minimum absolute atomic E-state index is 0.194. The van der Waals surface area contributed by atoms with E-state index in [-0.39, 0.29) is 19.1 Å². The standard InChI is InChI=1S/C15H13FN4O2/c16-11-4-3-5-12(8-11)22-10-15(21)17-9-14-19-18-13-6-1-2-7-20(13)14/h1-8H,9-10H2,(H,17,21). The molecule has 0 atom stereocenters. The van der Waals surface area contributed by atoms with E-state index in [4.69, 9.17) is 4.74 Å². The fourth-order valence-electron chi connectivity index (χ4n) is 1.95. The van der Waals surface area contributed by atoms with Crippen molar-refractivity contribution in [1.82, 2.24) is 19.9 Å². The van der Waals surface area contributed by atoms with Crippen LogP contribution in [0.3, 0.4) is 0 Å². The van der Waals surface area contributed by atoms with Crippen LogP contribution in [0.2, 0.25) is 0 Å². The molecular formula is C15H13FN4O2. The number of amides is 1. The summed E-state index contributed by atoms with van der Waals surface area (Å²) < 4.78 is 20.0. The van der Waals surface area contributed by atoms with Gasteiger partial charge in [0, 0.05) is 12.3 Å². The average Bonchev–Trinajstić information content (AvgIpc) is 2.94. The summed E-state index contributed by atoms with van der Waals surface area (Å²) >= 11 is 0. The van der Waals surface area contributed by atoms with Crippen LogP contribution < -0.4 is 10.1 Å². The van der Waals surface area contributed by atoms with Crippen LogP contribution in [-0.2, 0) is 11.3 Å². The number of nitrogens with zero attached hydrogens (tertiary/aromatic N) is 3. The lowest BCUT2D eigenvalue weighted by atomic mass is 10.3. The van der Waals surface area contributed by atoms with Crippen molar-refractivity contribution < 1.29 is 13.9 Å². The molecular weight excluding hydrogens is 287 g/mol. The number of carbonyl (C=O) groups excluding carboxylic acids is 1. The Bertz CT molecular complexity index is 803. The molecule has 1 aromatic carbocycles. The lowest BCUT2D eigenvalue weighted by Crippen LogP contribution is -2.29. The summed E-state index contributed by atoms with van der Waals surface area (Å²) in [5.74, 6) is 0.197. The van der Waals surface area contributed by atoms with E-state index >= 15 is 0 Å². The molecule has 0 unspecified atom stereocenters. The highest BCUT2D eigenvalue weighted by Crippen LogP contribution is 2.11. The SMILES string of the molecule is O=C(COc1cccc(F)c1)NCc1nnc2ccccn12. The van der Waals surface area contributed by atoms with Gasteiger partial charge in [-0.3, -0.25) is 9.20 Å². The third kappa shape index (κ3) is 3.20.